The molecule has 2 rings (SSSR count). The van der Waals surface area contributed by atoms with Crippen molar-refractivity contribution in [1.82, 2.24) is 0 Å². The number of rotatable bonds is 6. The number of Topliss-reactive ketones (excluding diaryl/α,β-unsaturated/α-hetero) is 1. The maximum absolute atomic E-state index is 12.4. The van der Waals surface area contributed by atoms with Gasteiger partial charge >= 0.3 is 5.97 Å². The molecule has 2 aromatic carbocycles. The van der Waals surface area contributed by atoms with Crippen LogP contribution in [0.2, 0.25) is 0 Å². The summed E-state index contributed by atoms with van der Waals surface area (Å²) in [5.74, 6) is 0.470. The van der Waals surface area contributed by atoms with Gasteiger partial charge in [-0.3, -0.25) is 4.79 Å². The van der Waals surface area contributed by atoms with Crippen molar-refractivity contribution in [2.75, 3.05) is 21.3 Å². The molecule has 0 aliphatic heterocycles. The van der Waals surface area contributed by atoms with Crippen molar-refractivity contribution in [1.29, 1.82) is 0 Å². The number of ether oxygens (including phenoxy) is 3. The van der Waals surface area contributed by atoms with E-state index in [4.69, 9.17) is 14.2 Å². The van der Waals surface area contributed by atoms with E-state index in [1.165, 1.54) is 14.2 Å². The summed E-state index contributed by atoms with van der Waals surface area (Å²) in [6, 6.07) is 12.0. The van der Waals surface area contributed by atoms with E-state index < -0.39 is 5.97 Å². The molecule has 2 aromatic rings. The minimum Gasteiger partial charge on any atom is -0.497 e. The highest BCUT2D eigenvalue weighted by Crippen LogP contribution is 2.22. The van der Waals surface area contributed by atoms with Gasteiger partial charge in [-0.05, 0) is 29.8 Å². The molecule has 0 amide bonds. The minimum atomic E-state index is -0.502. The Hall–Kier alpha value is -2.82. The van der Waals surface area contributed by atoms with Gasteiger partial charge in [0.1, 0.15) is 17.1 Å². The summed E-state index contributed by atoms with van der Waals surface area (Å²) in [6.45, 7) is 0. The van der Waals surface area contributed by atoms with Crippen LogP contribution in [-0.4, -0.2) is 33.1 Å². The first-order chi connectivity index (χ1) is 11.1. The Morgan fingerprint density at radius 3 is 2.39 bits per heavy atom. The van der Waals surface area contributed by atoms with Crippen LogP contribution < -0.4 is 9.47 Å². The first-order valence-electron chi connectivity index (χ1n) is 7.01. The molecule has 0 aromatic heterocycles. The van der Waals surface area contributed by atoms with Crippen molar-refractivity contribution in [3.63, 3.8) is 0 Å². The van der Waals surface area contributed by atoms with E-state index in [1.54, 1.807) is 49.6 Å². The summed E-state index contributed by atoms with van der Waals surface area (Å²) in [4.78, 5) is 24.2. The van der Waals surface area contributed by atoms with Gasteiger partial charge in [-0.1, -0.05) is 18.2 Å². The van der Waals surface area contributed by atoms with Gasteiger partial charge in [0.05, 0.1) is 21.3 Å². The van der Waals surface area contributed by atoms with Crippen LogP contribution >= 0.6 is 0 Å². The quantitative estimate of drug-likeness (QED) is 0.606. The molecule has 0 aliphatic carbocycles. The molecule has 0 saturated carbocycles. The van der Waals surface area contributed by atoms with Gasteiger partial charge in [-0.25, -0.2) is 4.79 Å². The van der Waals surface area contributed by atoms with E-state index in [9.17, 15) is 9.59 Å². The Labute approximate surface area is 134 Å². The molecule has 0 fully saturated rings. The lowest BCUT2D eigenvalue weighted by atomic mass is 10.0. The summed E-state index contributed by atoms with van der Waals surface area (Å²) < 4.78 is 15.0. The minimum absolute atomic E-state index is 0.0649. The third kappa shape index (κ3) is 3.88. The highest BCUT2D eigenvalue weighted by molar-refractivity contribution is 5.98. The largest absolute Gasteiger partial charge is 0.497 e. The fourth-order valence-electron chi connectivity index (χ4n) is 2.22. The molecular weight excluding hydrogens is 296 g/mol. The average molecular weight is 314 g/mol. The molecule has 0 atom stereocenters. The molecule has 0 bridgehead atoms. The lowest BCUT2D eigenvalue weighted by Gasteiger charge is -2.09. The standard InChI is InChI=1S/C18H18O5/c1-21-14-6-4-5-13(11-14)16(19)10-12-7-8-17(22-2)15(9-12)18(20)23-3/h4-9,11H,10H2,1-3H3. The van der Waals surface area contributed by atoms with Gasteiger partial charge in [0.2, 0.25) is 0 Å². The monoisotopic (exact) mass is 314 g/mol. The molecule has 0 aliphatic rings. The number of hydrogen-bond donors (Lipinski definition) is 0. The van der Waals surface area contributed by atoms with Crippen molar-refractivity contribution in [2.24, 2.45) is 0 Å². The molecule has 0 unspecified atom stereocenters. The van der Waals surface area contributed by atoms with Crippen molar-refractivity contribution in [3.05, 3.63) is 59.2 Å². The Balaban J connectivity index is 2.25. The molecule has 5 nitrogen and oxygen atoms in total. The van der Waals surface area contributed by atoms with E-state index in [2.05, 4.69) is 0 Å². The number of carbonyl (C=O) groups is 2. The first kappa shape index (κ1) is 16.5. The summed E-state index contributed by atoms with van der Waals surface area (Å²) in [6.07, 6.45) is 0.168. The van der Waals surface area contributed by atoms with Gasteiger partial charge in [0, 0.05) is 12.0 Å². The van der Waals surface area contributed by atoms with Crippen molar-refractivity contribution in [3.8, 4) is 11.5 Å². The number of benzene rings is 2. The second-order valence-electron chi connectivity index (χ2n) is 4.86. The molecule has 120 valence electrons. The molecule has 0 radical (unpaired) electrons. The van der Waals surface area contributed by atoms with Gasteiger partial charge in [-0.15, -0.1) is 0 Å². The topological polar surface area (TPSA) is 61.8 Å². The summed E-state index contributed by atoms with van der Waals surface area (Å²) in [5.41, 5.74) is 1.56. The van der Waals surface area contributed by atoms with Crippen LogP contribution in [-0.2, 0) is 11.2 Å². The fraction of sp³-hybridized carbons (Fsp3) is 0.222. The van der Waals surface area contributed by atoms with Crippen molar-refractivity contribution >= 4 is 11.8 Å². The zero-order valence-corrected chi connectivity index (χ0v) is 13.3. The van der Waals surface area contributed by atoms with Gasteiger partial charge in [0.25, 0.3) is 0 Å². The van der Waals surface area contributed by atoms with E-state index in [0.29, 0.717) is 28.2 Å². The summed E-state index contributed by atoms with van der Waals surface area (Å²) >= 11 is 0. The van der Waals surface area contributed by atoms with E-state index in [0.717, 1.165) is 0 Å². The van der Waals surface area contributed by atoms with Crippen LogP contribution in [0.3, 0.4) is 0 Å². The maximum Gasteiger partial charge on any atom is 0.341 e. The molecule has 23 heavy (non-hydrogen) atoms. The van der Waals surface area contributed by atoms with E-state index >= 15 is 0 Å². The van der Waals surface area contributed by atoms with Crippen LogP contribution in [0.4, 0.5) is 0 Å². The van der Waals surface area contributed by atoms with Gasteiger partial charge in [-0.2, -0.15) is 0 Å². The van der Waals surface area contributed by atoms with E-state index in [-0.39, 0.29) is 12.2 Å². The van der Waals surface area contributed by atoms with Crippen molar-refractivity contribution in [2.45, 2.75) is 6.42 Å². The van der Waals surface area contributed by atoms with Crippen LogP contribution in [0.25, 0.3) is 0 Å². The summed E-state index contributed by atoms with van der Waals surface area (Å²) in [7, 11) is 4.33. The molecule has 0 spiro atoms. The number of ketones is 1. The molecular formula is C18H18O5. The highest BCUT2D eigenvalue weighted by Gasteiger charge is 2.15. The first-order valence-corrected chi connectivity index (χ1v) is 7.01. The highest BCUT2D eigenvalue weighted by atomic mass is 16.5. The maximum atomic E-state index is 12.4. The zero-order chi connectivity index (χ0) is 16.8. The Bertz CT molecular complexity index is 721. The third-order valence-electron chi connectivity index (χ3n) is 3.43. The fourth-order valence-corrected chi connectivity index (χ4v) is 2.22. The predicted molar refractivity (Wildman–Crippen MR) is 85.4 cm³/mol. The lowest BCUT2D eigenvalue weighted by molar-refractivity contribution is 0.0596. The molecule has 5 heteroatoms. The number of carbonyl (C=O) groups excluding carboxylic acids is 2. The van der Waals surface area contributed by atoms with Crippen LogP contribution in [0.1, 0.15) is 26.3 Å². The number of esters is 1. The van der Waals surface area contributed by atoms with Crippen molar-refractivity contribution < 1.29 is 23.8 Å². The van der Waals surface area contributed by atoms with Crippen LogP contribution in [0.15, 0.2) is 42.5 Å². The van der Waals surface area contributed by atoms with Crippen LogP contribution in [0.5, 0.6) is 11.5 Å². The number of methoxy groups -OCH3 is 3. The Morgan fingerprint density at radius 2 is 1.74 bits per heavy atom. The SMILES string of the molecule is COC(=O)c1cc(CC(=O)c2cccc(OC)c2)ccc1OC. The molecule has 0 heterocycles. The smallest absolute Gasteiger partial charge is 0.341 e. The Kier molecular flexibility index (Phi) is 5.36. The average Bonchev–Trinajstić information content (AvgIpc) is 2.60. The normalized spacial score (nSPS) is 10.0. The second-order valence-corrected chi connectivity index (χ2v) is 4.86. The summed E-state index contributed by atoms with van der Waals surface area (Å²) in [5, 5.41) is 0. The van der Waals surface area contributed by atoms with Gasteiger partial charge < -0.3 is 14.2 Å². The lowest BCUT2D eigenvalue weighted by Crippen LogP contribution is -2.08. The Morgan fingerprint density at radius 1 is 0.957 bits per heavy atom. The zero-order valence-electron chi connectivity index (χ0n) is 13.3. The second kappa shape index (κ2) is 7.45. The van der Waals surface area contributed by atoms with Crippen LogP contribution in [0, 0.1) is 0 Å². The van der Waals surface area contributed by atoms with E-state index in [1.807, 2.05) is 0 Å². The predicted octanol–water partition coefficient (Wildman–Crippen LogP) is 2.92. The van der Waals surface area contributed by atoms with Gasteiger partial charge in [0.15, 0.2) is 5.78 Å². The third-order valence-corrected chi connectivity index (χ3v) is 3.43. The number of hydrogen-bond acceptors (Lipinski definition) is 5. The molecule has 0 saturated heterocycles. The molecule has 0 N–H and O–H groups in total.